The summed E-state index contributed by atoms with van der Waals surface area (Å²) in [6, 6.07) is 0. The van der Waals surface area contributed by atoms with Crippen LogP contribution in [0.1, 0.15) is 0 Å². The van der Waals surface area contributed by atoms with Crippen molar-refractivity contribution in [1.82, 2.24) is 0 Å². The molecule has 7 heteroatoms. The average molecular weight is 194 g/mol. The van der Waals surface area contributed by atoms with Crippen molar-refractivity contribution in [2.75, 3.05) is 0 Å². The van der Waals surface area contributed by atoms with Crippen LogP contribution in [0.15, 0.2) is 0 Å². The molecule has 7 nitrogen and oxygen atoms in total. The lowest BCUT2D eigenvalue weighted by Gasteiger charge is -2.36. The molecule has 1 heterocycles. The smallest absolute Gasteiger partial charge is 0.335 e. The van der Waals surface area contributed by atoms with E-state index >= 15 is 0 Å². The summed E-state index contributed by atoms with van der Waals surface area (Å²) >= 11 is 0. The van der Waals surface area contributed by atoms with Gasteiger partial charge in [-0.25, -0.2) is 4.79 Å². The van der Waals surface area contributed by atoms with Gasteiger partial charge in [0.2, 0.25) is 0 Å². The number of ether oxygens (including phenoxy) is 1. The lowest BCUT2D eigenvalue weighted by Crippen LogP contribution is -2.59. The molecule has 1 unspecified atom stereocenters. The number of carboxylic acids is 1. The van der Waals surface area contributed by atoms with Crippen LogP contribution in [0, 0.1) is 0 Å². The summed E-state index contributed by atoms with van der Waals surface area (Å²) in [5.74, 6) is -1.52. The molecule has 1 aliphatic heterocycles. The van der Waals surface area contributed by atoms with Crippen LogP contribution in [0.2, 0.25) is 0 Å². The summed E-state index contributed by atoms with van der Waals surface area (Å²) in [6.07, 6.45) is -8.72. The monoisotopic (exact) mass is 194 g/mol. The quantitative estimate of drug-likeness (QED) is 0.298. The fourth-order valence-corrected chi connectivity index (χ4v) is 1.07. The molecule has 1 fully saturated rings. The van der Waals surface area contributed by atoms with Crippen LogP contribution in [-0.2, 0) is 9.53 Å². The predicted molar refractivity (Wildman–Crippen MR) is 36.5 cm³/mol. The van der Waals surface area contributed by atoms with Crippen molar-refractivity contribution < 1.29 is 35.1 Å². The van der Waals surface area contributed by atoms with Gasteiger partial charge in [0.1, 0.15) is 18.3 Å². The van der Waals surface area contributed by atoms with E-state index < -0.39 is 36.7 Å². The first kappa shape index (κ1) is 10.4. The van der Waals surface area contributed by atoms with Crippen molar-refractivity contribution in [1.29, 1.82) is 0 Å². The van der Waals surface area contributed by atoms with Gasteiger partial charge in [0, 0.05) is 0 Å². The highest BCUT2D eigenvalue weighted by Gasteiger charge is 2.46. The van der Waals surface area contributed by atoms with Crippen molar-refractivity contribution in [2.24, 2.45) is 0 Å². The maximum absolute atomic E-state index is 10.4. The molecule has 0 aromatic carbocycles. The minimum Gasteiger partial charge on any atom is -0.479 e. The van der Waals surface area contributed by atoms with Crippen LogP contribution in [0.25, 0.3) is 0 Å². The number of aliphatic carboxylic acids is 1. The molecule has 0 aromatic rings. The zero-order valence-electron chi connectivity index (χ0n) is 6.44. The van der Waals surface area contributed by atoms with Crippen molar-refractivity contribution in [3.8, 4) is 0 Å². The molecule has 0 amide bonds. The van der Waals surface area contributed by atoms with E-state index in [1.54, 1.807) is 0 Å². The highest BCUT2D eigenvalue weighted by atomic mass is 16.6. The summed E-state index contributed by atoms with van der Waals surface area (Å²) in [5, 5.41) is 44.4. The van der Waals surface area contributed by atoms with Crippen LogP contribution in [0.3, 0.4) is 0 Å². The maximum Gasteiger partial charge on any atom is 0.335 e. The molecule has 0 saturated carbocycles. The molecular weight excluding hydrogens is 184 g/mol. The number of hydrogen-bond donors (Lipinski definition) is 5. The second-order valence-electron chi connectivity index (χ2n) is 2.76. The van der Waals surface area contributed by atoms with E-state index in [4.69, 9.17) is 25.5 Å². The van der Waals surface area contributed by atoms with Gasteiger partial charge in [-0.3, -0.25) is 0 Å². The second-order valence-corrected chi connectivity index (χ2v) is 2.76. The van der Waals surface area contributed by atoms with Crippen LogP contribution in [0.5, 0.6) is 0 Å². The number of rotatable bonds is 1. The molecule has 1 saturated heterocycles. The molecule has 1 rings (SSSR count). The predicted octanol–water partition coefficient (Wildman–Crippen LogP) is -3.13. The van der Waals surface area contributed by atoms with Gasteiger partial charge >= 0.3 is 5.97 Å². The zero-order valence-corrected chi connectivity index (χ0v) is 6.44. The Morgan fingerprint density at radius 3 is 2.00 bits per heavy atom. The molecule has 5 atom stereocenters. The molecular formula is C6H10O7. The van der Waals surface area contributed by atoms with E-state index in [0.717, 1.165) is 0 Å². The molecule has 1 aliphatic rings. The number of aliphatic hydroxyl groups is 4. The van der Waals surface area contributed by atoms with E-state index in [2.05, 4.69) is 4.74 Å². The Hall–Kier alpha value is -0.730. The van der Waals surface area contributed by atoms with Gasteiger partial charge in [-0.15, -0.1) is 0 Å². The van der Waals surface area contributed by atoms with Crippen LogP contribution in [-0.4, -0.2) is 62.2 Å². The third kappa shape index (κ3) is 1.79. The lowest BCUT2D eigenvalue weighted by molar-refractivity contribution is -0.279. The van der Waals surface area contributed by atoms with Gasteiger partial charge in [-0.1, -0.05) is 0 Å². The third-order valence-electron chi connectivity index (χ3n) is 1.83. The summed E-state index contributed by atoms with van der Waals surface area (Å²) < 4.78 is 4.34. The van der Waals surface area contributed by atoms with Crippen LogP contribution >= 0.6 is 0 Å². The number of carboxylic acid groups (broad SMARTS) is 1. The topological polar surface area (TPSA) is 127 Å². The summed E-state index contributed by atoms with van der Waals surface area (Å²) in [5.41, 5.74) is 0. The van der Waals surface area contributed by atoms with Gasteiger partial charge in [-0.2, -0.15) is 0 Å². The molecule has 76 valence electrons. The Morgan fingerprint density at radius 1 is 1.00 bits per heavy atom. The second kappa shape index (κ2) is 3.56. The van der Waals surface area contributed by atoms with E-state index in [9.17, 15) is 4.79 Å². The summed E-state index contributed by atoms with van der Waals surface area (Å²) in [7, 11) is 0. The highest BCUT2D eigenvalue weighted by Crippen LogP contribution is 2.19. The SMILES string of the molecule is O=C(O)C1O[C@@H](O)[C@H](O)[C@@H](O)[C@@H]1O. The standard InChI is InChI=1S/C6H10O7/c7-1-2(8)4(5(10)11)13-6(12)3(1)9/h1-4,6-9,12H,(H,10,11)/t1-,2-,3+,4?,6+/m0/s1. The molecule has 0 bridgehead atoms. The molecule has 0 aromatic heterocycles. The first-order chi connectivity index (χ1) is 5.95. The Kier molecular flexibility index (Phi) is 2.84. The van der Waals surface area contributed by atoms with Crippen molar-refractivity contribution in [3.05, 3.63) is 0 Å². The minimum absolute atomic E-state index is 1.52. The minimum atomic E-state index is -1.81. The molecule has 13 heavy (non-hydrogen) atoms. The number of carbonyl (C=O) groups is 1. The van der Waals surface area contributed by atoms with Crippen molar-refractivity contribution in [2.45, 2.75) is 30.7 Å². The number of hydrogen-bond acceptors (Lipinski definition) is 6. The van der Waals surface area contributed by atoms with Crippen LogP contribution in [0.4, 0.5) is 0 Å². The van der Waals surface area contributed by atoms with Gasteiger partial charge in [0.25, 0.3) is 0 Å². The highest BCUT2D eigenvalue weighted by molar-refractivity contribution is 5.73. The maximum atomic E-state index is 10.4. The average Bonchev–Trinajstić information content (AvgIpc) is 2.07. The van der Waals surface area contributed by atoms with Crippen LogP contribution < -0.4 is 0 Å². The molecule has 0 spiro atoms. The van der Waals surface area contributed by atoms with E-state index in [1.165, 1.54) is 0 Å². The van der Waals surface area contributed by atoms with E-state index in [1.807, 2.05) is 0 Å². The van der Waals surface area contributed by atoms with Gasteiger partial charge in [0.15, 0.2) is 12.4 Å². The van der Waals surface area contributed by atoms with E-state index in [0.29, 0.717) is 0 Å². The molecule has 0 radical (unpaired) electrons. The number of aliphatic hydroxyl groups excluding tert-OH is 4. The van der Waals surface area contributed by atoms with Gasteiger partial charge in [0.05, 0.1) is 0 Å². The zero-order chi connectivity index (χ0) is 10.2. The fourth-order valence-electron chi connectivity index (χ4n) is 1.07. The Balaban J connectivity index is 2.76. The summed E-state index contributed by atoms with van der Waals surface area (Å²) in [4.78, 5) is 10.4. The Bertz CT molecular complexity index is 205. The first-order valence-electron chi connectivity index (χ1n) is 3.55. The normalized spacial score (nSPS) is 46.0. The largest absolute Gasteiger partial charge is 0.479 e. The lowest BCUT2D eigenvalue weighted by atomic mass is 9.99. The third-order valence-corrected chi connectivity index (χ3v) is 1.83. The fraction of sp³-hybridized carbons (Fsp3) is 0.833. The first-order valence-corrected chi connectivity index (χ1v) is 3.55. The Labute approximate surface area is 72.8 Å². The molecule has 5 N–H and O–H groups in total. The van der Waals surface area contributed by atoms with Crippen molar-refractivity contribution >= 4 is 5.97 Å². The molecule has 0 aliphatic carbocycles. The summed E-state index contributed by atoms with van der Waals surface area (Å²) in [6.45, 7) is 0. The van der Waals surface area contributed by atoms with Crippen molar-refractivity contribution in [3.63, 3.8) is 0 Å². The van der Waals surface area contributed by atoms with Gasteiger partial charge in [-0.05, 0) is 0 Å². The Morgan fingerprint density at radius 2 is 1.54 bits per heavy atom. The van der Waals surface area contributed by atoms with Gasteiger partial charge < -0.3 is 30.3 Å². The van der Waals surface area contributed by atoms with E-state index in [-0.39, 0.29) is 0 Å².